The number of aromatic amines is 1. The lowest BCUT2D eigenvalue weighted by Crippen LogP contribution is -2.34. The van der Waals surface area contributed by atoms with Crippen LogP contribution in [0.25, 0.3) is 10.9 Å². The van der Waals surface area contributed by atoms with Gasteiger partial charge in [-0.05, 0) is 19.1 Å². The monoisotopic (exact) mass is 287 g/mol. The Kier molecular flexibility index (Phi) is 5.12. The molecule has 2 aromatic rings. The van der Waals surface area contributed by atoms with Gasteiger partial charge in [0.05, 0.1) is 5.52 Å². The van der Waals surface area contributed by atoms with Crippen LogP contribution in [0, 0.1) is 6.92 Å². The number of hydrogen-bond acceptors (Lipinski definition) is 2. The molecular formula is C13H16F3N3O. The third-order valence-electron chi connectivity index (χ3n) is 2.38. The number of carbonyl (C=O) groups is 1. The molecule has 2 rings (SSSR count). The van der Waals surface area contributed by atoms with Gasteiger partial charge in [-0.2, -0.15) is 18.3 Å². The van der Waals surface area contributed by atoms with Crippen molar-refractivity contribution in [2.24, 2.45) is 0 Å². The summed E-state index contributed by atoms with van der Waals surface area (Å²) < 4.78 is 36.0. The minimum Gasteiger partial charge on any atom is -0.342 e. The van der Waals surface area contributed by atoms with E-state index in [-0.39, 0.29) is 5.69 Å². The molecule has 7 heteroatoms. The van der Waals surface area contributed by atoms with E-state index in [9.17, 15) is 18.0 Å². The zero-order valence-corrected chi connectivity index (χ0v) is 11.4. The van der Waals surface area contributed by atoms with Crippen LogP contribution in [0.15, 0.2) is 18.2 Å². The molecule has 1 heterocycles. The van der Waals surface area contributed by atoms with Gasteiger partial charge in [0.15, 0.2) is 5.69 Å². The summed E-state index contributed by atoms with van der Waals surface area (Å²) in [6, 6.07) is 5.23. The number of nitrogens with one attached hydrogen (secondary N) is 2. The highest BCUT2D eigenvalue weighted by Gasteiger charge is 2.28. The molecule has 1 aromatic carbocycles. The van der Waals surface area contributed by atoms with Crippen molar-refractivity contribution in [1.29, 1.82) is 0 Å². The first-order valence-corrected chi connectivity index (χ1v) is 6.16. The van der Waals surface area contributed by atoms with Crippen LogP contribution in [0.3, 0.4) is 0 Å². The summed E-state index contributed by atoms with van der Waals surface area (Å²) in [5.41, 5.74) is 1.48. The second-order valence-corrected chi connectivity index (χ2v) is 3.92. The van der Waals surface area contributed by atoms with E-state index in [1.54, 1.807) is 17.4 Å². The van der Waals surface area contributed by atoms with Gasteiger partial charge in [0, 0.05) is 5.39 Å². The average molecular weight is 287 g/mol. The third-order valence-corrected chi connectivity index (χ3v) is 2.38. The number of rotatable bonds is 2. The molecule has 2 N–H and O–H groups in total. The summed E-state index contributed by atoms with van der Waals surface area (Å²) in [5, 5.41) is 8.63. The number of halogens is 3. The fourth-order valence-corrected chi connectivity index (χ4v) is 1.57. The van der Waals surface area contributed by atoms with Crippen LogP contribution in [0.4, 0.5) is 13.2 Å². The van der Waals surface area contributed by atoms with Crippen LogP contribution in [0.5, 0.6) is 0 Å². The summed E-state index contributed by atoms with van der Waals surface area (Å²) in [7, 11) is 0. The highest BCUT2D eigenvalue weighted by molar-refractivity contribution is 6.04. The molecule has 0 aliphatic heterocycles. The number of amides is 1. The van der Waals surface area contributed by atoms with Crippen molar-refractivity contribution in [2.75, 3.05) is 6.54 Å². The number of hydrogen-bond donors (Lipinski definition) is 2. The first-order valence-electron chi connectivity index (χ1n) is 6.16. The van der Waals surface area contributed by atoms with E-state index in [2.05, 4.69) is 10.2 Å². The normalized spacial score (nSPS) is 10.9. The van der Waals surface area contributed by atoms with Crippen LogP contribution in [0.2, 0.25) is 0 Å². The zero-order chi connectivity index (χ0) is 15.3. The van der Waals surface area contributed by atoms with Gasteiger partial charge in [-0.1, -0.05) is 25.5 Å². The third kappa shape index (κ3) is 3.97. The van der Waals surface area contributed by atoms with Crippen LogP contribution < -0.4 is 5.32 Å². The Morgan fingerprint density at radius 3 is 2.60 bits per heavy atom. The number of carbonyl (C=O) groups excluding carboxylic acids is 1. The number of benzene rings is 1. The predicted molar refractivity (Wildman–Crippen MR) is 70.6 cm³/mol. The molecule has 0 atom stereocenters. The maximum absolute atomic E-state index is 12.0. The molecule has 0 unspecified atom stereocenters. The maximum atomic E-state index is 12.0. The standard InChI is InChI=1S/C11H10F3N3O.C2H6/c1-6-2-3-8-7(4-6)9(17-16-8)10(18)15-5-11(12,13)14;1-2/h2-4H,5H2,1H3,(H,15,18)(H,16,17);1-2H3. The van der Waals surface area contributed by atoms with Crippen molar-refractivity contribution in [3.63, 3.8) is 0 Å². The number of fused-ring (bicyclic) bond motifs is 1. The first-order chi connectivity index (χ1) is 9.37. The van der Waals surface area contributed by atoms with E-state index in [0.717, 1.165) is 5.56 Å². The van der Waals surface area contributed by atoms with E-state index in [1.165, 1.54) is 0 Å². The first kappa shape index (κ1) is 16.0. The predicted octanol–water partition coefficient (Wildman–Crippen LogP) is 3.19. The highest BCUT2D eigenvalue weighted by atomic mass is 19.4. The van der Waals surface area contributed by atoms with Gasteiger partial charge in [0.2, 0.25) is 0 Å². The molecule has 0 fully saturated rings. The van der Waals surface area contributed by atoms with E-state index in [1.807, 2.05) is 26.8 Å². The Morgan fingerprint density at radius 1 is 1.35 bits per heavy atom. The molecule has 4 nitrogen and oxygen atoms in total. The molecule has 0 aliphatic rings. The molecule has 0 saturated heterocycles. The van der Waals surface area contributed by atoms with Gasteiger partial charge in [-0.15, -0.1) is 0 Å². The van der Waals surface area contributed by atoms with Crippen LogP contribution in [-0.2, 0) is 0 Å². The molecule has 0 aliphatic carbocycles. The molecule has 20 heavy (non-hydrogen) atoms. The Morgan fingerprint density at radius 2 is 2.00 bits per heavy atom. The summed E-state index contributed by atoms with van der Waals surface area (Å²) in [4.78, 5) is 11.6. The molecule has 0 radical (unpaired) electrons. The summed E-state index contributed by atoms with van der Waals surface area (Å²) in [6.07, 6.45) is -4.43. The van der Waals surface area contributed by atoms with Gasteiger partial charge in [-0.25, -0.2) is 0 Å². The summed E-state index contributed by atoms with van der Waals surface area (Å²) >= 11 is 0. The highest BCUT2D eigenvalue weighted by Crippen LogP contribution is 2.18. The average Bonchev–Trinajstić information content (AvgIpc) is 2.80. The largest absolute Gasteiger partial charge is 0.405 e. The lowest BCUT2D eigenvalue weighted by atomic mass is 10.1. The van der Waals surface area contributed by atoms with Crippen LogP contribution in [-0.4, -0.2) is 28.8 Å². The second-order valence-electron chi connectivity index (χ2n) is 3.92. The lowest BCUT2D eigenvalue weighted by Gasteiger charge is -2.06. The zero-order valence-electron chi connectivity index (χ0n) is 11.4. The minimum absolute atomic E-state index is 0.0297. The molecule has 1 amide bonds. The topological polar surface area (TPSA) is 57.8 Å². The minimum atomic E-state index is -4.43. The van der Waals surface area contributed by atoms with E-state index < -0.39 is 18.6 Å². The van der Waals surface area contributed by atoms with E-state index in [0.29, 0.717) is 10.9 Å². The van der Waals surface area contributed by atoms with Gasteiger partial charge in [-0.3, -0.25) is 9.89 Å². The van der Waals surface area contributed by atoms with Crippen molar-refractivity contribution >= 4 is 16.8 Å². The smallest absolute Gasteiger partial charge is 0.342 e. The Bertz CT molecular complexity index is 590. The van der Waals surface area contributed by atoms with Gasteiger partial charge in [0.25, 0.3) is 5.91 Å². The summed E-state index contributed by atoms with van der Waals surface area (Å²) in [6.45, 7) is 4.45. The molecule has 0 bridgehead atoms. The number of aromatic nitrogens is 2. The Hall–Kier alpha value is -2.05. The van der Waals surface area contributed by atoms with Gasteiger partial charge in [0.1, 0.15) is 6.54 Å². The van der Waals surface area contributed by atoms with Gasteiger partial charge >= 0.3 is 6.18 Å². The second kappa shape index (κ2) is 6.40. The molecule has 0 spiro atoms. The quantitative estimate of drug-likeness (QED) is 0.891. The molecular weight excluding hydrogens is 271 g/mol. The molecule has 0 saturated carbocycles. The SMILES string of the molecule is CC.Cc1ccc2[nH]nc(C(=O)NCC(F)(F)F)c2c1. The van der Waals surface area contributed by atoms with Crippen molar-refractivity contribution in [2.45, 2.75) is 26.9 Å². The van der Waals surface area contributed by atoms with Crippen molar-refractivity contribution in [3.8, 4) is 0 Å². The van der Waals surface area contributed by atoms with Crippen molar-refractivity contribution < 1.29 is 18.0 Å². The molecule has 110 valence electrons. The van der Waals surface area contributed by atoms with Gasteiger partial charge < -0.3 is 5.32 Å². The Balaban J connectivity index is 0.000000956. The van der Waals surface area contributed by atoms with E-state index in [4.69, 9.17) is 0 Å². The maximum Gasteiger partial charge on any atom is 0.405 e. The fourth-order valence-electron chi connectivity index (χ4n) is 1.57. The number of alkyl halides is 3. The number of aryl methyl sites for hydroxylation is 1. The van der Waals surface area contributed by atoms with Crippen molar-refractivity contribution in [1.82, 2.24) is 15.5 Å². The van der Waals surface area contributed by atoms with Crippen molar-refractivity contribution in [3.05, 3.63) is 29.5 Å². The Labute approximate surface area is 114 Å². The number of H-pyrrole nitrogens is 1. The lowest BCUT2D eigenvalue weighted by molar-refractivity contribution is -0.123. The van der Waals surface area contributed by atoms with Crippen LogP contribution >= 0.6 is 0 Å². The fraction of sp³-hybridized carbons (Fsp3) is 0.385. The molecule has 1 aromatic heterocycles. The summed E-state index contributed by atoms with van der Waals surface area (Å²) in [5.74, 6) is -0.843. The van der Waals surface area contributed by atoms with Crippen LogP contribution in [0.1, 0.15) is 29.9 Å². The van der Waals surface area contributed by atoms with E-state index >= 15 is 0 Å². The number of nitrogens with zero attached hydrogens (tertiary/aromatic N) is 1.